The Bertz CT molecular complexity index is 992. The molecular formula is C24H27N3O2S. The summed E-state index contributed by atoms with van der Waals surface area (Å²) in [6.45, 7) is 6.39. The van der Waals surface area contributed by atoms with Crippen molar-refractivity contribution in [2.75, 3.05) is 23.3 Å². The lowest BCUT2D eigenvalue weighted by atomic mass is 9.99. The number of aryl methyl sites for hydroxylation is 1. The van der Waals surface area contributed by atoms with Gasteiger partial charge in [-0.1, -0.05) is 24.2 Å². The van der Waals surface area contributed by atoms with E-state index in [1.54, 1.807) is 11.8 Å². The van der Waals surface area contributed by atoms with Crippen molar-refractivity contribution in [2.24, 2.45) is 5.92 Å². The highest BCUT2D eigenvalue weighted by Gasteiger charge is 2.16. The van der Waals surface area contributed by atoms with Crippen molar-refractivity contribution >= 4 is 29.0 Å². The third-order valence-corrected chi connectivity index (χ3v) is 6.57. The third kappa shape index (κ3) is 5.05. The van der Waals surface area contributed by atoms with Crippen molar-refractivity contribution in [3.05, 3.63) is 71.6 Å². The standard InChI is InChI=1S/C24H27N3O2S/c1-17-11-13-27(14-12-17)21-9-7-19(8-10-21)25-24(28)22-5-3-4-6-23(22)30-16-20-15-18(2)29-26-20/h3-10,15,17H,11-14,16H2,1-2H3,(H,25,28). The van der Waals surface area contributed by atoms with Crippen LogP contribution >= 0.6 is 11.8 Å². The minimum absolute atomic E-state index is 0.103. The molecule has 1 saturated heterocycles. The smallest absolute Gasteiger partial charge is 0.256 e. The third-order valence-electron chi connectivity index (χ3n) is 5.46. The Balaban J connectivity index is 1.40. The average Bonchev–Trinajstić information content (AvgIpc) is 3.19. The topological polar surface area (TPSA) is 58.4 Å². The molecule has 2 heterocycles. The Morgan fingerprint density at radius 1 is 1.17 bits per heavy atom. The number of hydrogen-bond acceptors (Lipinski definition) is 5. The Morgan fingerprint density at radius 2 is 1.90 bits per heavy atom. The summed E-state index contributed by atoms with van der Waals surface area (Å²) in [6.07, 6.45) is 2.47. The minimum atomic E-state index is -0.103. The molecule has 5 nitrogen and oxygen atoms in total. The van der Waals surface area contributed by atoms with Gasteiger partial charge in [0.15, 0.2) is 0 Å². The number of thioether (sulfide) groups is 1. The van der Waals surface area contributed by atoms with Crippen LogP contribution in [0.2, 0.25) is 0 Å². The first-order valence-electron chi connectivity index (χ1n) is 10.4. The molecule has 0 bridgehead atoms. The number of benzene rings is 2. The highest BCUT2D eigenvalue weighted by molar-refractivity contribution is 7.98. The van der Waals surface area contributed by atoms with Gasteiger partial charge in [0, 0.05) is 41.2 Å². The molecule has 6 heteroatoms. The van der Waals surface area contributed by atoms with Gasteiger partial charge in [-0.3, -0.25) is 4.79 Å². The van der Waals surface area contributed by atoms with Crippen molar-refractivity contribution in [1.29, 1.82) is 0 Å². The fourth-order valence-electron chi connectivity index (χ4n) is 3.64. The molecule has 1 aliphatic rings. The lowest BCUT2D eigenvalue weighted by Crippen LogP contribution is -2.32. The molecule has 156 valence electrons. The van der Waals surface area contributed by atoms with Crippen LogP contribution < -0.4 is 10.2 Å². The number of piperidine rings is 1. The van der Waals surface area contributed by atoms with Crippen LogP contribution in [0.1, 0.15) is 41.6 Å². The molecule has 1 fully saturated rings. The van der Waals surface area contributed by atoms with Gasteiger partial charge in [0.1, 0.15) is 5.76 Å². The maximum atomic E-state index is 12.9. The monoisotopic (exact) mass is 421 g/mol. The number of carbonyl (C=O) groups is 1. The zero-order chi connectivity index (χ0) is 20.9. The van der Waals surface area contributed by atoms with Gasteiger partial charge >= 0.3 is 0 Å². The quantitative estimate of drug-likeness (QED) is 0.513. The second-order valence-corrected chi connectivity index (χ2v) is 8.90. The molecule has 0 radical (unpaired) electrons. The van der Waals surface area contributed by atoms with Gasteiger partial charge in [0.25, 0.3) is 5.91 Å². The predicted molar refractivity (Wildman–Crippen MR) is 122 cm³/mol. The second-order valence-electron chi connectivity index (χ2n) is 7.88. The van der Waals surface area contributed by atoms with Gasteiger partial charge in [-0.2, -0.15) is 0 Å². The molecule has 1 aliphatic heterocycles. The fourth-order valence-corrected chi connectivity index (χ4v) is 4.57. The Hall–Kier alpha value is -2.73. The first kappa shape index (κ1) is 20.5. The highest BCUT2D eigenvalue weighted by Crippen LogP contribution is 2.28. The molecule has 0 saturated carbocycles. The van der Waals surface area contributed by atoms with Crippen LogP contribution in [-0.2, 0) is 5.75 Å². The van der Waals surface area contributed by atoms with E-state index in [-0.39, 0.29) is 5.91 Å². The van der Waals surface area contributed by atoms with Gasteiger partial charge < -0.3 is 14.7 Å². The maximum absolute atomic E-state index is 12.9. The SMILES string of the molecule is Cc1cc(CSc2ccccc2C(=O)Nc2ccc(N3CCC(C)CC3)cc2)no1. The number of aromatic nitrogens is 1. The van der Waals surface area contributed by atoms with Crippen molar-refractivity contribution < 1.29 is 9.32 Å². The lowest BCUT2D eigenvalue weighted by molar-refractivity contribution is 0.102. The highest BCUT2D eigenvalue weighted by atomic mass is 32.2. The van der Waals surface area contributed by atoms with E-state index in [1.807, 2.05) is 49.4 Å². The zero-order valence-corrected chi connectivity index (χ0v) is 18.2. The Labute approximate surface area is 181 Å². The number of hydrogen-bond donors (Lipinski definition) is 1. The second kappa shape index (κ2) is 9.39. The molecule has 30 heavy (non-hydrogen) atoms. The van der Waals surface area contributed by atoms with Crippen LogP contribution in [-0.4, -0.2) is 24.2 Å². The van der Waals surface area contributed by atoms with E-state index in [2.05, 4.69) is 34.4 Å². The number of amides is 1. The summed E-state index contributed by atoms with van der Waals surface area (Å²) in [5.74, 6) is 2.16. The molecule has 0 unspecified atom stereocenters. The van der Waals surface area contributed by atoms with E-state index in [1.165, 1.54) is 18.5 Å². The predicted octanol–water partition coefficient (Wildman–Crippen LogP) is 5.76. The molecule has 2 aromatic carbocycles. The molecule has 0 atom stereocenters. The first-order chi connectivity index (χ1) is 14.6. The van der Waals surface area contributed by atoms with Crippen LogP contribution in [0.3, 0.4) is 0 Å². The number of nitrogens with zero attached hydrogens (tertiary/aromatic N) is 2. The molecule has 3 aromatic rings. The summed E-state index contributed by atoms with van der Waals surface area (Å²) < 4.78 is 5.12. The fraction of sp³-hybridized carbons (Fsp3) is 0.333. The number of carbonyl (C=O) groups excluding carboxylic acids is 1. The molecule has 1 N–H and O–H groups in total. The van der Waals surface area contributed by atoms with E-state index < -0.39 is 0 Å². The van der Waals surface area contributed by atoms with Gasteiger partial charge in [0.2, 0.25) is 0 Å². The lowest BCUT2D eigenvalue weighted by Gasteiger charge is -2.32. The summed E-state index contributed by atoms with van der Waals surface area (Å²) in [7, 11) is 0. The number of nitrogens with one attached hydrogen (secondary N) is 1. The van der Waals surface area contributed by atoms with Crippen LogP contribution in [0.5, 0.6) is 0 Å². The molecule has 4 rings (SSSR count). The average molecular weight is 422 g/mol. The zero-order valence-electron chi connectivity index (χ0n) is 17.4. The van der Waals surface area contributed by atoms with Crippen LogP contribution in [0.25, 0.3) is 0 Å². The van der Waals surface area contributed by atoms with Crippen molar-refractivity contribution in [3.63, 3.8) is 0 Å². The van der Waals surface area contributed by atoms with Gasteiger partial charge in [-0.25, -0.2) is 0 Å². The van der Waals surface area contributed by atoms with Crippen LogP contribution in [0.4, 0.5) is 11.4 Å². The Morgan fingerprint density at radius 3 is 2.60 bits per heavy atom. The van der Waals surface area contributed by atoms with E-state index >= 15 is 0 Å². The van der Waals surface area contributed by atoms with Crippen molar-refractivity contribution in [1.82, 2.24) is 5.16 Å². The van der Waals surface area contributed by atoms with Gasteiger partial charge in [-0.05, 0) is 62.1 Å². The summed E-state index contributed by atoms with van der Waals surface area (Å²) in [5, 5.41) is 7.06. The van der Waals surface area contributed by atoms with E-state index in [0.717, 1.165) is 41.0 Å². The van der Waals surface area contributed by atoms with E-state index in [0.29, 0.717) is 11.3 Å². The summed E-state index contributed by atoms with van der Waals surface area (Å²) in [6, 6.07) is 17.7. The molecule has 1 aromatic heterocycles. The molecular weight excluding hydrogens is 394 g/mol. The van der Waals surface area contributed by atoms with E-state index in [9.17, 15) is 4.79 Å². The summed E-state index contributed by atoms with van der Waals surface area (Å²) >= 11 is 1.58. The first-order valence-corrected chi connectivity index (χ1v) is 11.4. The largest absolute Gasteiger partial charge is 0.372 e. The van der Waals surface area contributed by atoms with Crippen LogP contribution in [0.15, 0.2) is 64.0 Å². The van der Waals surface area contributed by atoms with E-state index in [4.69, 9.17) is 4.52 Å². The summed E-state index contributed by atoms with van der Waals surface area (Å²) in [4.78, 5) is 16.2. The minimum Gasteiger partial charge on any atom is -0.372 e. The van der Waals surface area contributed by atoms with Crippen LogP contribution in [0, 0.1) is 12.8 Å². The normalized spacial score (nSPS) is 14.7. The maximum Gasteiger partial charge on any atom is 0.256 e. The molecule has 0 aliphatic carbocycles. The molecule has 1 amide bonds. The van der Waals surface area contributed by atoms with Gasteiger partial charge in [0.05, 0.1) is 11.3 Å². The Kier molecular flexibility index (Phi) is 6.43. The van der Waals surface area contributed by atoms with Crippen molar-refractivity contribution in [2.45, 2.75) is 37.3 Å². The number of rotatable bonds is 6. The number of anilines is 2. The summed E-state index contributed by atoms with van der Waals surface area (Å²) in [5.41, 5.74) is 3.56. The van der Waals surface area contributed by atoms with Gasteiger partial charge in [-0.15, -0.1) is 11.8 Å². The molecule has 0 spiro atoms. The van der Waals surface area contributed by atoms with Crippen molar-refractivity contribution in [3.8, 4) is 0 Å².